The predicted molar refractivity (Wildman–Crippen MR) is 70.9 cm³/mol. The highest BCUT2D eigenvalue weighted by molar-refractivity contribution is 5.39. The molecule has 0 amide bonds. The Bertz CT molecular complexity index is 382. The standard InChI is InChI=1S/C14H21N3O/c1-2-4-7-17(6-3-1)14-9-13(15-11-16-14)12-5-8-18-10-12/h9,11-12H,1-8,10H2/t12-/m1/s1. The van der Waals surface area contributed by atoms with Gasteiger partial charge in [-0.25, -0.2) is 9.97 Å². The van der Waals surface area contributed by atoms with Crippen molar-refractivity contribution in [1.82, 2.24) is 9.97 Å². The van der Waals surface area contributed by atoms with Gasteiger partial charge in [0.1, 0.15) is 12.1 Å². The normalized spacial score (nSPS) is 25.1. The molecule has 0 N–H and O–H groups in total. The molecule has 3 rings (SSSR count). The maximum Gasteiger partial charge on any atom is 0.132 e. The van der Waals surface area contributed by atoms with E-state index in [1.807, 2.05) is 0 Å². The predicted octanol–water partition coefficient (Wildman–Crippen LogP) is 2.36. The van der Waals surface area contributed by atoms with Crippen LogP contribution < -0.4 is 4.90 Å². The number of aromatic nitrogens is 2. The Kier molecular flexibility index (Phi) is 3.74. The van der Waals surface area contributed by atoms with Gasteiger partial charge in [-0.2, -0.15) is 0 Å². The Balaban J connectivity index is 1.76. The first kappa shape index (κ1) is 11.9. The molecule has 0 spiro atoms. The first-order chi connectivity index (χ1) is 8.93. The first-order valence-corrected chi connectivity index (χ1v) is 7.08. The Morgan fingerprint density at radius 3 is 2.67 bits per heavy atom. The van der Waals surface area contributed by atoms with E-state index in [0.717, 1.165) is 44.2 Å². The van der Waals surface area contributed by atoms with Gasteiger partial charge >= 0.3 is 0 Å². The van der Waals surface area contributed by atoms with E-state index in [2.05, 4.69) is 20.9 Å². The van der Waals surface area contributed by atoms with Gasteiger partial charge < -0.3 is 9.64 Å². The molecule has 0 saturated carbocycles. The average molecular weight is 247 g/mol. The van der Waals surface area contributed by atoms with E-state index < -0.39 is 0 Å². The average Bonchev–Trinajstić information content (AvgIpc) is 2.82. The summed E-state index contributed by atoms with van der Waals surface area (Å²) in [4.78, 5) is 11.3. The van der Waals surface area contributed by atoms with Gasteiger partial charge in [0.15, 0.2) is 0 Å². The van der Waals surface area contributed by atoms with E-state index in [9.17, 15) is 0 Å². The summed E-state index contributed by atoms with van der Waals surface area (Å²) >= 11 is 0. The van der Waals surface area contributed by atoms with Crippen molar-refractivity contribution in [1.29, 1.82) is 0 Å². The number of hydrogen-bond acceptors (Lipinski definition) is 4. The summed E-state index contributed by atoms with van der Waals surface area (Å²) < 4.78 is 5.44. The minimum absolute atomic E-state index is 0.471. The van der Waals surface area contributed by atoms with Crippen LogP contribution in [0.25, 0.3) is 0 Å². The van der Waals surface area contributed by atoms with Gasteiger partial charge in [-0.1, -0.05) is 12.8 Å². The lowest BCUT2D eigenvalue weighted by atomic mass is 10.0. The maximum absolute atomic E-state index is 5.44. The molecule has 2 saturated heterocycles. The van der Waals surface area contributed by atoms with Crippen LogP contribution in [0.1, 0.15) is 43.7 Å². The molecule has 0 bridgehead atoms. The molecule has 0 radical (unpaired) electrons. The molecule has 2 aliphatic heterocycles. The molecule has 0 aromatic carbocycles. The van der Waals surface area contributed by atoms with Crippen LogP contribution in [-0.2, 0) is 4.74 Å². The van der Waals surface area contributed by atoms with Gasteiger partial charge in [-0.15, -0.1) is 0 Å². The summed E-state index contributed by atoms with van der Waals surface area (Å²) in [5, 5.41) is 0. The SMILES string of the molecule is c1nc([C@@H]2CCOC2)cc(N2CCCCCC2)n1. The molecule has 1 aromatic heterocycles. The van der Waals surface area contributed by atoms with E-state index in [-0.39, 0.29) is 0 Å². The highest BCUT2D eigenvalue weighted by Gasteiger charge is 2.20. The molecule has 0 unspecified atom stereocenters. The van der Waals surface area contributed by atoms with Gasteiger partial charge in [0.2, 0.25) is 0 Å². The molecule has 0 aliphatic carbocycles. The van der Waals surface area contributed by atoms with Crippen molar-refractivity contribution < 1.29 is 4.74 Å². The largest absolute Gasteiger partial charge is 0.381 e. The van der Waals surface area contributed by atoms with Crippen LogP contribution in [0.2, 0.25) is 0 Å². The van der Waals surface area contributed by atoms with Crippen molar-refractivity contribution in [3.63, 3.8) is 0 Å². The minimum atomic E-state index is 0.471. The van der Waals surface area contributed by atoms with Crippen LogP contribution in [0.3, 0.4) is 0 Å². The third kappa shape index (κ3) is 2.64. The Hall–Kier alpha value is -1.16. The number of ether oxygens (including phenoxy) is 1. The Labute approximate surface area is 108 Å². The van der Waals surface area contributed by atoms with E-state index in [0.29, 0.717) is 5.92 Å². The molecule has 4 heteroatoms. The maximum atomic E-state index is 5.44. The lowest BCUT2D eigenvalue weighted by Gasteiger charge is -2.22. The number of nitrogens with zero attached hydrogens (tertiary/aromatic N) is 3. The summed E-state index contributed by atoms with van der Waals surface area (Å²) in [5.74, 6) is 1.58. The summed E-state index contributed by atoms with van der Waals surface area (Å²) in [5.41, 5.74) is 1.15. The molecule has 98 valence electrons. The lowest BCUT2D eigenvalue weighted by Crippen LogP contribution is -2.25. The Morgan fingerprint density at radius 2 is 1.94 bits per heavy atom. The van der Waals surface area contributed by atoms with Crippen LogP contribution in [0, 0.1) is 0 Å². The second-order valence-corrected chi connectivity index (χ2v) is 5.26. The smallest absolute Gasteiger partial charge is 0.132 e. The molecule has 3 heterocycles. The quantitative estimate of drug-likeness (QED) is 0.804. The van der Waals surface area contributed by atoms with Crippen molar-refractivity contribution in [3.8, 4) is 0 Å². The fourth-order valence-corrected chi connectivity index (χ4v) is 2.83. The fourth-order valence-electron chi connectivity index (χ4n) is 2.83. The van der Waals surface area contributed by atoms with Crippen molar-refractivity contribution >= 4 is 5.82 Å². The van der Waals surface area contributed by atoms with E-state index in [1.54, 1.807) is 6.33 Å². The molecule has 18 heavy (non-hydrogen) atoms. The fraction of sp³-hybridized carbons (Fsp3) is 0.714. The van der Waals surface area contributed by atoms with Crippen molar-refractivity contribution in [2.24, 2.45) is 0 Å². The zero-order valence-corrected chi connectivity index (χ0v) is 10.8. The van der Waals surface area contributed by atoms with Crippen LogP contribution in [0.5, 0.6) is 0 Å². The van der Waals surface area contributed by atoms with Gasteiger partial charge in [-0.3, -0.25) is 0 Å². The van der Waals surface area contributed by atoms with Gasteiger partial charge in [-0.05, 0) is 19.3 Å². The van der Waals surface area contributed by atoms with Gasteiger partial charge in [0, 0.05) is 31.7 Å². The molecular weight excluding hydrogens is 226 g/mol. The molecular formula is C14H21N3O. The highest BCUT2D eigenvalue weighted by Crippen LogP contribution is 2.26. The van der Waals surface area contributed by atoms with E-state index in [4.69, 9.17) is 4.74 Å². The van der Waals surface area contributed by atoms with Gasteiger partial charge in [0.25, 0.3) is 0 Å². The molecule has 4 nitrogen and oxygen atoms in total. The third-order valence-corrected chi connectivity index (χ3v) is 3.95. The summed E-state index contributed by atoms with van der Waals surface area (Å²) in [6, 6.07) is 2.17. The number of hydrogen-bond donors (Lipinski definition) is 0. The summed E-state index contributed by atoms with van der Waals surface area (Å²) in [7, 11) is 0. The Morgan fingerprint density at radius 1 is 1.11 bits per heavy atom. The van der Waals surface area contributed by atoms with Crippen LogP contribution in [0.15, 0.2) is 12.4 Å². The molecule has 1 aromatic rings. The number of anilines is 1. The topological polar surface area (TPSA) is 38.2 Å². The monoisotopic (exact) mass is 247 g/mol. The van der Waals surface area contributed by atoms with Crippen LogP contribution in [0.4, 0.5) is 5.82 Å². The lowest BCUT2D eigenvalue weighted by molar-refractivity contribution is 0.193. The summed E-state index contributed by atoms with van der Waals surface area (Å²) in [6.07, 6.45) is 8.08. The van der Waals surface area contributed by atoms with Gasteiger partial charge in [0.05, 0.1) is 12.3 Å². The molecule has 2 aliphatic rings. The molecule has 2 fully saturated rings. The second kappa shape index (κ2) is 5.65. The highest BCUT2D eigenvalue weighted by atomic mass is 16.5. The van der Waals surface area contributed by atoms with Crippen molar-refractivity contribution in [2.45, 2.75) is 38.0 Å². The zero-order chi connectivity index (χ0) is 12.2. The van der Waals surface area contributed by atoms with E-state index >= 15 is 0 Å². The third-order valence-electron chi connectivity index (χ3n) is 3.95. The summed E-state index contributed by atoms with van der Waals surface area (Å²) in [6.45, 7) is 3.96. The number of rotatable bonds is 2. The molecule has 1 atom stereocenters. The zero-order valence-electron chi connectivity index (χ0n) is 10.8. The van der Waals surface area contributed by atoms with E-state index in [1.165, 1.54) is 25.7 Å². The second-order valence-electron chi connectivity index (χ2n) is 5.26. The van der Waals surface area contributed by atoms with Crippen molar-refractivity contribution in [2.75, 3.05) is 31.2 Å². The van der Waals surface area contributed by atoms with Crippen molar-refractivity contribution in [3.05, 3.63) is 18.1 Å². The van der Waals surface area contributed by atoms with Crippen LogP contribution >= 0.6 is 0 Å². The minimum Gasteiger partial charge on any atom is -0.381 e. The first-order valence-electron chi connectivity index (χ1n) is 7.08. The van der Waals surface area contributed by atoms with Crippen LogP contribution in [-0.4, -0.2) is 36.3 Å².